The van der Waals surface area contributed by atoms with Crippen molar-refractivity contribution in [3.8, 4) is 5.75 Å². The van der Waals surface area contributed by atoms with Crippen molar-refractivity contribution in [3.05, 3.63) is 42.0 Å². The van der Waals surface area contributed by atoms with Crippen LogP contribution in [0.5, 0.6) is 5.75 Å². The van der Waals surface area contributed by atoms with Gasteiger partial charge >= 0.3 is 0 Å². The molecule has 3 aliphatic rings. The lowest BCUT2D eigenvalue weighted by molar-refractivity contribution is -0.202. The average molecular weight is 256 g/mol. The van der Waals surface area contributed by atoms with Gasteiger partial charge in [-0.25, -0.2) is 0 Å². The summed E-state index contributed by atoms with van der Waals surface area (Å²) in [6.45, 7) is 6.60. The first-order valence-corrected chi connectivity index (χ1v) is 7.15. The van der Waals surface area contributed by atoms with Crippen molar-refractivity contribution in [2.24, 2.45) is 11.8 Å². The first kappa shape index (κ1) is 11.5. The number of ether oxygens (including phenoxy) is 2. The summed E-state index contributed by atoms with van der Waals surface area (Å²) in [5.41, 5.74) is 0.905. The third-order valence-electron chi connectivity index (χ3n) is 5.15. The Bertz CT molecular complexity index is 560. The highest BCUT2D eigenvalue weighted by atomic mass is 16.5. The Hall–Kier alpha value is -1.28. The lowest BCUT2D eigenvalue weighted by Crippen LogP contribution is -2.56. The molecule has 0 spiro atoms. The molecule has 0 N–H and O–H groups in total. The van der Waals surface area contributed by atoms with Crippen molar-refractivity contribution < 1.29 is 9.47 Å². The number of fused-ring (bicyclic) bond motifs is 3. The molecule has 0 radical (unpaired) electrons. The molecule has 4 unspecified atom stereocenters. The molecule has 1 fully saturated rings. The molecule has 2 bridgehead atoms. The van der Waals surface area contributed by atoms with E-state index in [1.165, 1.54) is 5.56 Å². The largest absolute Gasteiger partial charge is 0.483 e. The summed E-state index contributed by atoms with van der Waals surface area (Å²) in [6, 6.07) is 8.31. The van der Waals surface area contributed by atoms with Crippen molar-refractivity contribution in [1.82, 2.24) is 0 Å². The first-order valence-electron chi connectivity index (χ1n) is 7.15. The van der Waals surface area contributed by atoms with Gasteiger partial charge in [0.1, 0.15) is 11.4 Å². The van der Waals surface area contributed by atoms with E-state index in [9.17, 15) is 0 Å². The Morgan fingerprint density at radius 1 is 1.16 bits per heavy atom. The molecule has 1 aromatic carbocycles. The van der Waals surface area contributed by atoms with Crippen molar-refractivity contribution >= 4 is 0 Å². The van der Waals surface area contributed by atoms with Crippen LogP contribution in [-0.4, -0.2) is 11.2 Å². The van der Waals surface area contributed by atoms with Gasteiger partial charge in [-0.1, -0.05) is 24.3 Å². The van der Waals surface area contributed by atoms with Crippen molar-refractivity contribution in [3.63, 3.8) is 0 Å². The Morgan fingerprint density at radius 3 is 2.79 bits per heavy atom. The van der Waals surface area contributed by atoms with E-state index in [2.05, 4.69) is 51.1 Å². The van der Waals surface area contributed by atoms with Crippen LogP contribution in [0.15, 0.2) is 36.4 Å². The molecule has 2 nitrogen and oxygen atoms in total. The van der Waals surface area contributed by atoms with Gasteiger partial charge in [0.05, 0.1) is 11.7 Å². The second-order valence-electron chi connectivity index (χ2n) is 6.77. The summed E-state index contributed by atoms with van der Waals surface area (Å²) >= 11 is 0. The highest BCUT2D eigenvalue weighted by Gasteiger charge is 2.55. The number of para-hydroxylation sites is 1. The number of rotatable bonds is 0. The quantitative estimate of drug-likeness (QED) is 0.656. The van der Waals surface area contributed by atoms with E-state index >= 15 is 0 Å². The molecule has 2 aliphatic heterocycles. The van der Waals surface area contributed by atoms with Gasteiger partial charge in [-0.2, -0.15) is 0 Å². The van der Waals surface area contributed by atoms with E-state index in [-0.39, 0.29) is 17.3 Å². The zero-order chi connectivity index (χ0) is 13.3. The van der Waals surface area contributed by atoms with Crippen LogP contribution in [0.2, 0.25) is 0 Å². The minimum atomic E-state index is -0.216. The molecule has 4 rings (SSSR count). The minimum Gasteiger partial charge on any atom is -0.483 e. The van der Waals surface area contributed by atoms with Gasteiger partial charge < -0.3 is 9.47 Å². The summed E-state index contributed by atoms with van der Waals surface area (Å²) in [5, 5.41) is 0. The first-order chi connectivity index (χ1) is 9.00. The van der Waals surface area contributed by atoms with E-state index in [0.29, 0.717) is 11.8 Å². The van der Waals surface area contributed by atoms with Crippen LogP contribution in [0.3, 0.4) is 0 Å². The van der Waals surface area contributed by atoms with Crippen LogP contribution < -0.4 is 4.74 Å². The molecule has 0 aromatic heterocycles. The maximum atomic E-state index is 6.47. The van der Waals surface area contributed by atoms with Crippen LogP contribution in [0, 0.1) is 11.8 Å². The number of benzene rings is 1. The number of hydrogen-bond donors (Lipinski definition) is 0. The Labute approximate surface area is 114 Å². The fourth-order valence-corrected chi connectivity index (χ4v) is 3.89. The zero-order valence-electron chi connectivity index (χ0n) is 11.7. The smallest absolute Gasteiger partial charge is 0.130 e. The van der Waals surface area contributed by atoms with E-state index in [1.54, 1.807) is 0 Å². The minimum absolute atomic E-state index is 0.0938. The van der Waals surface area contributed by atoms with E-state index < -0.39 is 0 Å². The summed E-state index contributed by atoms with van der Waals surface area (Å²) in [6.07, 6.45) is 5.87. The van der Waals surface area contributed by atoms with Gasteiger partial charge in [0.15, 0.2) is 0 Å². The van der Waals surface area contributed by atoms with Gasteiger partial charge in [-0.15, -0.1) is 0 Å². The fraction of sp³-hybridized carbons (Fsp3) is 0.529. The second kappa shape index (κ2) is 3.43. The third kappa shape index (κ3) is 1.47. The van der Waals surface area contributed by atoms with Crippen LogP contribution in [0.1, 0.15) is 38.9 Å². The van der Waals surface area contributed by atoms with Gasteiger partial charge in [0.2, 0.25) is 0 Å². The standard InChI is InChI=1S/C17H20O2/c1-16(2)11-8-9-17(3)13(10-11)15(19-16)12-6-4-5-7-14(12)18-17/h4-9,11,13,15H,10H2,1-3H3. The summed E-state index contributed by atoms with van der Waals surface area (Å²) in [5.74, 6) is 1.90. The summed E-state index contributed by atoms with van der Waals surface area (Å²) < 4.78 is 12.7. The predicted octanol–water partition coefficient (Wildman–Crippen LogP) is 3.88. The molecule has 1 aromatic rings. The van der Waals surface area contributed by atoms with Crippen LogP contribution in [0.25, 0.3) is 0 Å². The number of hydrogen-bond acceptors (Lipinski definition) is 2. The molecule has 4 atom stereocenters. The molecule has 1 saturated heterocycles. The monoisotopic (exact) mass is 256 g/mol. The second-order valence-corrected chi connectivity index (χ2v) is 6.77. The zero-order valence-corrected chi connectivity index (χ0v) is 11.7. The van der Waals surface area contributed by atoms with E-state index in [1.807, 2.05) is 6.07 Å². The molecular formula is C17H20O2. The summed E-state index contributed by atoms with van der Waals surface area (Å²) in [7, 11) is 0. The van der Waals surface area contributed by atoms with Gasteiger partial charge in [-0.3, -0.25) is 0 Å². The van der Waals surface area contributed by atoms with Crippen molar-refractivity contribution in [2.75, 3.05) is 0 Å². The Kier molecular flexibility index (Phi) is 2.08. The molecule has 0 saturated carbocycles. The molecular weight excluding hydrogens is 236 g/mol. The third-order valence-corrected chi connectivity index (χ3v) is 5.15. The predicted molar refractivity (Wildman–Crippen MR) is 74.1 cm³/mol. The fourth-order valence-electron chi connectivity index (χ4n) is 3.89. The van der Waals surface area contributed by atoms with Crippen molar-refractivity contribution in [1.29, 1.82) is 0 Å². The van der Waals surface area contributed by atoms with Crippen LogP contribution >= 0.6 is 0 Å². The molecule has 1 aliphatic carbocycles. The highest BCUT2D eigenvalue weighted by Crippen LogP contribution is 2.57. The molecule has 0 amide bonds. The Balaban J connectivity index is 1.91. The molecule has 2 heterocycles. The van der Waals surface area contributed by atoms with Crippen LogP contribution in [-0.2, 0) is 4.74 Å². The van der Waals surface area contributed by atoms with Gasteiger partial charge in [0, 0.05) is 17.4 Å². The van der Waals surface area contributed by atoms with E-state index in [0.717, 1.165) is 12.2 Å². The van der Waals surface area contributed by atoms with E-state index in [4.69, 9.17) is 9.47 Å². The van der Waals surface area contributed by atoms with Gasteiger partial charge in [-0.05, 0) is 39.3 Å². The Morgan fingerprint density at radius 2 is 1.95 bits per heavy atom. The normalized spacial score (nSPS) is 41.3. The lowest BCUT2D eigenvalue weighted by atomic mass is 9.65. The van der Waals surface area contributed by atoms with Crippen LogP contribution in [0.4, 0.5) is 0 Å². The molecule has 100 valence electrons. The highest BCUT2D eigenvalue weighted by molar-refractivity contribution is 5.41. The molecule has 2 heteroatoms. The summed E-state index contributed by atoms with van der Waals surface area (Å²) in [4.78, 5) is 0. The maximum absolute atomic E-state index is 6.47. The molecule has 19 heavy (non-hydrogen) atoms. The SMILES string of the molecule is CC1(C)OC2c3ccccc3OC3(C)C=CC1CC23. The lowest BCUT2D eigenvalue weighted by Gasteiger charge is -2.56. The van der Waals surface area contributed by atoms with Gasteiger partial charge in [0.25, 0.3) is 0 Å². The average Bonchev–Trinajstić information content (AvgIpc) is 2.36. The topological polar surface area (TPSA) is 18.5 Å². The maximum Gasteiger partial charge on any atom is 0.130 e. The van der Waals surface area contributed by atoms with Crippen molar-refractivity contribution in [2.45, 2.75) is 44.5 Å².